The molecule has 116 valence electrons. The highest BCUT2D eigenvalue weighted by Crippen LogP contribution is 2.36. The fourth-order valence-electron chi connectivity index (χ4n) is 1.61. The van der Waals surface area contributed by atoms with Crippen LogP contribution in [0.5, 0.6) is 11.5 Å². The van der Waals surface area contributed by atoms with Crippen molar-refractivity contribution < 1.29 is 19.9 Å². The Bertz CT molecular complexity index is 839. The molecule has 10 heteroatoms. The SMILES string of the molecule is N#C/C(=C\c1cc(O)c(O)c([N+](=O)[O-])c1)C(=O)Nc1nccs1. The number of nitrogens with zero attached hydrogens (tertiary/aromatic N) is 3. The van der Waals surface area contributed by atoms with E-state index in [2.05, 4.69) is 10.3 Å². The van der Waals surface area contributed by atoms with Gasteiger partial charge in [0.25, 0.3) is 5.91 Å². The van der Waals surface area contributed by atoms with Crippen LogP contribution in [0.3, 0.4) is 0 Å². The number of anilines is 1. The van der Waals surface area contributed by atoms with E-state index in [0.29, 0.717) is 0 Å². The second kappa shape index (κ2) is 6.54. The van der Waals surface area contributed by atoms with Gasteiger partial charge in [-0.15, -0.1) is 11.3 Å². The zero-order valence-corrected chi connectivity index (χ0v) is 12.1. The molecule has 2 rings (SSSR count). The summed E-state index contributed by atoms with van der Waals surface area (Å²) in [5.41, 5.74) is -1.08. The Balaban J connectivity index is 2.36. The number of hydrogen-bond donors (Lipinski definition) is 3. The van der Waals surface area contributed by atoms with Gasteiger partial charge in [-0.2, -0.15) is 5.26 Å². The van der Waals surface area contributed by atoms with Crippen LogP contribution in [0.15, 0.2) is 29.3 Å². The summed E-state index contributed by atoms with van der Waals surface area (Å²) in [6.07, 6.45) is 2.52. The molecule has 23 heavy (non-hydrogen) atoms. The van der Waals surface area contributed by atoms with Gasteiger partial charge in [-0.3, -0.25) is 20.2 Å². The number of hydrogen-bond acceptors (Lipinski definition) is 8. The van der Waals surface area contributed by atoms with Gasteiger partial charge in [0.05, 0.1) is 4.92 Å². The van der Waals surface area contributed by atoms with Crippen molar-refractivity contribution in [3.63, 3.8) is 0 Å². The lowest BCUT2D eigenvalue weighted by Crippen LogP contribution is -2.13. The average molecular weight is 332 g/mol. The van der Waals surface area contributed by atoms with Crippen molar-refractivity contribution in [2.45, 2.75) is 0 Å². The van der Waals surface area contributed by atoms with E-state index >= 15 is 0 Å². The molecule has 1 heterocycles. The molecule has 1 amide bonds. The molecule has 9 nitrogen and oxygen atoms in total. The molecular weight excluding hydrogens is 324 g/mol. The van der Waals surface area contributed by atoms with Crippen LogP contribution in [-0.4, -0.2) is 26.0 Å². The molecule has 0 aliphatic carbocycles. The highest BCUT2D eigenvalue weighted by molar-refractivity contribution is 7.13. The van der Waals surface area contributed by atoms with Crippen molar-refractivity contribution in [3.05, 3.63) is 45.0 Å². The number of rotatable bonds is 4. The standard InChI is InChI=1S/C13H8N4O5S/c14-6-8(12(20)16-13-15-1-2-23-13)3-7-4-9(17(21)22)11(19)10(18)5-7/h1-5,18-19H,(H,15,16,20)/b8-3+. The van der Waals surface area contributed by atoms with E-state index in [4.69, 9.17) is 5.26 Å². The number of nitrogens with one attached hydrogen (secondary N) is 1. The van der Waals surface area contributed by atoms with E-state index in [9.17, 15) is 25.1 Å². The van der Waals surface area contributed by atoms with E-state index in [0.717, 1.165) is 29.5 Å². The molecule has 0 aliphatic heterocycles. The molecule has 0 aliphatic rings. The third kappa shape index (κ3) is 3.60. The molecule has 0 atom stereocenters. The minimum atomic E-state index is -0.895. The predicted octanol–water partition coefficient (Wildman–Crippen LogP) is 2.01. The Kier molecular flexibility index (Phi) is 4.53. The number of carbonyl (C=O) groups is 1. The van der Waals surface area contributed by atoms with E-state index in [-0.39, 0.29) is 16.3 Å². The van der Waals surface area contributed by atoms with Crippen LogP contribution < -0.4 is 5.32 Å². The van der Waals surface area contributed by atoms with Crippen molar-refractivity contribution in [1.29, 1.82) is 5.26 Å². The molecule has 1 aromatic heterocycles. The number of aromatic hydroxyl groups is 2. The largest absolute Gasteiger partial charge is 0.504 e. The Morgan fingerprint density at radius 2 is 2.22 bits per heavy atom. The van der Waals surface area contributed by atoms with Crippen LogP contribution in [0.1, 0.15) is 5.56 Å². The maximum atomic E-state index is 11.9. The first-order valence-electron chi connectivity index (χ1n) is 5.95. The number of nitro benzene ring substituents is 1. The van der Waals surface area contributed by atoms with Gasteiger partial charge in [-0.25, -0.2) is 4.98 Å². The summed E-state index contributed by atoms with van der Waals surface area (Å²) in [7, 11) is 0. The van der Waals surface area contributed by atoms with Gasteiger partial charge in [0.15, 0.2) is 10.9 Å². The topological polar surface area (TPSA) is 149 Å². The second-order valence-electron chi connectivity index (χ2n) is 4.13. The monoisotopic (exact) mass is 332 g/mol. The van der Waals surface area contributed by atoms with Crippen LogP contribution in [0.25, 0.3) is 6.08 Å². The van der Waals surface area contributed by atoms with Crippen molar-refractivity contribution in [1.82, 2.24) is 4.98 Å². The van der Waals surface area contributed by atoms with Crippen LogP contribution in [0.2, 0.25) is 0 Å². The van der Waals surface area contributed by atoms with Crippen LogP contribution in [-0.2, 0) is 4.79 Å². The molecule has 2 aromatic rings. The Labute approximate surface area is 132 Å². The quantitative estimate of drug-likeness (QED) is 0.255. The molecule has 0 bridgehead atoms. The van der Waals surface area contributed by atoms with Crippen molar-refractivity contribution in [2.75, 3.05) is 5.32 Å². The minimum Gasteiger partial charge on any atom is -0.504 e. The van der Waals surface area contributed by atoms with E-state index in [1.54, 1.807) is 11.4 Å². The number of phenolic OH excluding ortho intramolecular Hbond substituents is 2. The first-order chi connectivity index (χ1) is 10.9. The highest BCUT2D eigenvalue weighted by Gasteiger charge is 2.19. The smallest absolute Gasteiger partial charge is 0.315 e. The number of amides is 1. The van der Waals surface area contributed by atoms with Gasteiger partial charge in [0.1, 0.15) is 11.6 Å². The summed E-state index contributed by atoms with van der Waals surface area (Å²) in [6.45, 7) is 0. The Morgan fingerprint density at radius 1 is 1.48 bits per heavy atom. The van der Waals surface area contributed by atoms with Gasteiger partial charge >= 0.3 is 5.69 Å². The fourth-order valence-corrected chi connectivity index (χ4v) is 2.14. The van der Waals surface area contributed by atoms with E-state index < -0.39 is 28.0 Å². The normalized spacial score (nSPS) is 10.8. The maximum absolute atomic E-state index is 11.9. The molecule has 0 saturated carbocycles. The second-order valence-corrected chi connectivity index (χ2v) is 5.02. The average Bonchev–Trinajstić information content (AvgIpc) is 3.00. The van der Waals surface area contributed by atoms with Crippen LogP contribution in [0.4, 0.5) is 10.8 Å². The third-order valence-corrected chi connectivity index (χ3v) is 3.31. The lowest BCUT2D eigenvalue weighted by molar-refractivity contribution is -0.386. The van der Waals surface area contributed by atoms with Gasteiger partial charge in [-0.05, 0) is 17.7 Å². The maximum Gasteiger partial charge on any atom is 0.315 e. The van der Waals surface area contributed by atoms with Gasteiger partial charge in [-0.1, -0.05) is 0 Å². The van der Waals surface area contributed by atoms with Crippen molar-refractivity contribution in [3.8, 4) is 17.6 Å². The summed E-state index contributed by atoms with van der Waals surface area (Å²) in [5.74, 6) is -2.38. The van der Waals surface area contributed by atoms with Gasteiger partial charge < -0.3 is 10.2 Å². The predicted molar refractivity (Wildman–Crippen MR) is 80.8 cm³/mol. The Morgan fingerprint density at radius 3 is 2.78 bits per heavy atom. The summed E-state index contributed by atoms with van der Waals surface area (Å²) in [4.78, 5) is 25.7. The number of nitro groups is 1. The van der Waals surface area contributed by atoms with Gasteiger partial charge in [0.2, 0.25) is 5.75 Å². The molecule has 0 spiro atoms. The van der Waals surface area contributed by atoms with E-state index in [1.165, 1.54) is 6.20 Å². The summed E-state index contributed by atoms with van der Waals surface area (Å²) < 4.78 is 0. The van der Waals surface area contributed by atoms with Crippen LogP contribution in [0, 0.1) is 21.4 Å². The molecule has 0 fully saturated rings. The number of thiazole rings is 1. The molecular formula is C13H8N4O5S. The number of nitriles is 1. The number of aromatic nitrogens is 1. The first-order valence-corrected chi connectivity index (χ1v) is 6.83. The zero-order chi connectivity index (χ0) is 17.0. The first kappa shape index (κ1) is 15.9. The molecule has 3 N–H and O–H groups in total. The Hall–Kier alpha value is -3.45. The van der Waals surface area contributed by atoms with Gasteiger partial charge in [0, 0.05) is 17.6 Å². The number of carbonyl (C=O) groups excluding carboxylic acids is 1. The lowest BCUT2D eigenvalue weighted by atomic mass is 10.1. The van der Waals surface area contributed by atoms with E-state index in [1.807, 2.05) is 0 Å². The molecule has 0 unspecified atom stereocenters. The van der Waals surface area contributed by atoms with Crippen LogP contribution >= 0.6 is 11.3 Å². The molecule has 0 saturated heterocycles. The number of benzene rings is 1. The lowest BCUT2D eigenvalue weighted by Gasteiger charge is -2.03. The fraction of sp³-hybridized carbons (Fsp3) is 0. The van der Waals surface area contributed by atoms with Crippen molar-refractivity contribution >= 4 is 34.1 Å². The summed E-state index contributed by atoms with van der Waals surface area (Å²) >= 11 is 1.15. The zero-order valence-electron chi connectivity index (χ0n) is 11.3. The third-order valence-electron chi connectivity index (χ3n) is 2.62. The molecule has 0 radical (unpaired) electrons. The number of phenols is 2. The minimum absolute atomic E-state index is 0.0119. The highest BCUT2D eigenvalue weighted by atomic mass is 32.1. The summed E-state index contributed by atoms with van der Waals surface area (Å²) in [6, 6.07) is 3.59. The molecule has 1 aromatic carbocycles. The van der Waals surface area contributed by atoms with Crippen molar-refractivity contribution in [2.24, 2.45) is 0 Å². The summed E-state index contributed by atoms with van der Waals surface area (Å²) in [5, 5.41) is 43.0.